The largest absolute Gasteiger partial charge is 0.478 e. The summed E-state index contributed by atoms with van der Waals surface area (Å²) in [6.07, 6.45) is 4.96. The van der Waals surface area contributed by atoms with Gasteiger partial charge in [0.05, 0.1) is 0 Å². The van der Waals surface area contributed by atoms with Crippen molar-refractivity contribution in [2.45, 2.75) is 19.3 Å². The number of nitrogens with two attached hydrogens (primary N) is 1. The molecule has 1 fully saturated rings. The van der Waals surface area contributed by atoms with Gasteiger partial charge in [0, 0.05) is 37.5 Å². The minimum Gasteiger partial charge on any atom is -0.478 e. The first-order valence-electron chi connectivity index (χ1n) is 8.76. The molecule has 144 valence electrons. The van der Waals surface area contributed by atoms with E-state index in [-0.39, 0.29) is 0 Å². The topological polar surface area (TPSA) is 107 Å². The number of aliphatic carboxylic acids is 2. The van der Waals surface area contributed by atoms with Gasteiger partial charge in [-0.05, 0) is 57.1 Å². The maximum absolute atomic E-state index is 9.55. The molecule has 2 rings (SSSR count). The summed E-state index contributed by atoms with van der Waals surface area (Å²) in [6, 6.07) is 8.22. The molecule has 0 amide bonds. The molecule has 0 saturated carbocycles. The number of rotatable bonds is 8. The monoisotopic (exact) mass is 363 g/mol. The highest BCUT2D eigenvalue weighted by Crippen LogP contribution is 2.08. The number of benzene rings is 1. The van der Waals surface area contributed by atoms with Gasteiger partial charge in [0.25, 0.3) is 0 Å². The average Bonchev–Trinajstić information content (AvgIpc) is 3.10. The summed E-state index contributed by atoms with van der Waals surface area (Å²) in [5.41, 5.74) is 7.99. The van der Waals surface area contributed by atoms with Crippen LogP contribution in [0.1, 0.15) is 18.4 Å². The number of anilines is 1. The lowest BCUT2D eigenvalue weighted by atomic mass is 10.1. The first kappa shape index (κ1) is 21.7. The third kappa shape index (κ3) is 10.5. The van der Waals surface area contributed by atoms with Gasteiger partial charge in [-0.15, -0.1) is 0 Å². The summed E-state index contributed by atoms with van der Waals surface area (Å²) in [5.74, 6) is -2.51. The third-order valence-corrected chi connectivity index (χ3v) is 4.10. The van der Waals surface area contributed by atoms with Crippen molar-refractivity contribution in [2.24, 2.45) is 0 Å². The maximum Gasteiger partial charge on any atom is 0.328 e. The number of likely N-dealkylation sites (N-methyl/N-ethyl adjacent to an activating group) is 1. The number of hydrogen-bond acceptors (Lipinski definition) is 5. The van der Waals surface area contributed by atoms with Gasteiger partial charge in [0.2, 0.25) is 0 Å². The Bertz CT molecular complexity index is 582. The molecule has 1 heterocycles. The van der Waals surface area contributed by atoms with E-state index in [0.717, 1.165) is 18.7 Å². The number of hydrogen-bond donors (Lipinski definition) is 3. The Hall–Kier alpha value is -2.38. The van der Waals surface area contributed by atoms with Crippen molar-refractivity contribution in [2.75, 3.05) is 45.5 Å². The minimum atomic E-state index is -1.26. The lowest BCUT2D eigenvalue weighted by Crippen LogP contribution is -2.32. The molecule has 1 aliphatic heterocycles. The summed E-state index contributed by atoms with van der Waals surface area (Å²) in [4.78, 5) is 24.1. The highest BCUT2D eigenvalue weighted by Gasteiger charge is 2.11. The lowest BCUT2D eigenvalue weighted by molar-refractivity contribution is -0.134. The van der Waals surface area contributed by atoms with Crippen molar-refractivity contribution < 1.29 is 19.8 Å². The molecule has 1 saturated heterocycles. The molecule has 7 heteroatoms. The average molecular weight is 363 g/mol. The van der Waals surface area contributed by atoms with Crippen LogP contribution in [0.4, 0.5) is 5.69 Å². The molecule has 0 unspecified atom stereocenters. The second-order valence-electron chi connectivity index (χ2n) is 6.36. The van der Waals surface area contributed by atoms with Gasteiger partial charge < -0.3 is 25.7 Å². The zero-order valence-corrected chi connectivity index (χ0v) is 15.3. The first-order chi connectivity index (χ1) is 12.4. The molecule has 1 aromatic carbocycles. The van der Waals surface area contributed by atoms with E-state index in [2.05, 4.69) is 29.0 Å². The highest BCUT2D eigenvalue weighted by atomic mass is 16.4. The molecule has 26 heavy (non-hydrogen) atoms. The Morgan fingerprint density at radius 3 is 2.31 bits per heavy atom. The van der Waals surface area contributed by atoms with Crippen LogP contribution in [-0.2, 0) is 16.0 Å². The number of carboxylic acid groups (broad SMARTS) is 2. The molecule has 0 bridgehead atoms. The first-order valence-corrected chi connectivity index (χ1v) is 8.76. The number of nitrogen functional groups attached to an aromatic ring is 1. The van der Waals surface area contributed by atoms with Gasteiger partial charge in [-0.25, -0.2) is 9.59 Å². The zero-order chi connectivity index (χ0) is 19.4. The lowest BCUT2D eigenvalue weighted by Gasteiger charge is -2.21. The van der Waals surface area contributed by atoms with Gasteiger partial charge >= 0.3 is 11.9 Å². The molecule has 1 aliphatic rings. The predicted molar refractivity (Wildman–Crippen MR) is 102 cm³/mol. The Balaban J connectivity index is 0.000000359. The second kappa shape index (κ2) is 12.1. The highest BCUT2D eigenvalue weighted by molar-refractivity contribution is 5.89. The van der Waals surface area contributed by atoms with Crippen molar-refractivity contribution in [3.05, 3.63) is 42.0 Å². The number of carbonyl (C=O) groups is 2. The molecule has 0 radical (unpaired) electrons. The van der Waals surface area contributed by atoms with Crippen molar-refractivity contribution in [1.29, 1.82) is 0 Å². The number of likely N-dealkylation sites (tertiary alicyclic amines) is 1. The van der Waals surface area contributed by atoms with E-state index < -0.39 is 11.9 Å². The molecule has 0 aromatic heterocycles. The summed E-state index contributed by atoms with van der Waals surface area (Å²) in [7, 11) is 2.21. The second-order valence-corrected chi connectivity index (χ2v) is 6.36. The summed E-state index contributed by atoms with van der Waals surface area (Å²) in [6.45, 7) is 6.08. The van der Waals surface area contributed by atoms with Gasteiger partial charge in [-0.3, -0.25) is 0 Å². The molecule has 0 atom stereocenters. The molecule has 0 spiro atoms. The Morgan fingerprint density at radius 1 is 1.15 bits per heavy atom. The van der Waals surface area contributed by atoms with Crippen LogP contribution in [0.25, 0.3) is 0 Å². The number of carboxylic acids is 2. The molecular weight excluding hydrogens is 334 g/mol. The summed E-state index contributed by atoms with van der Waals surface area (Å²) in [5, 5.41) is 15.6. The van der Waals surface area contributed by atoms with Crippen LogP contribution in [0.2, 0.25) is 0 Å². The predicted octanol–water partition coefficient (Wildman–Crippen LogP) is 1.55. The number of nitrogens with zero attached hydrogens (tertiary/aromatic N) is 2. The SMILES string of the molecule is CN(CCc1cccc(N)c1)CCN1CCCC1.O=C(O)/C=C/C(=O)O. The van der Waals surface area contributed by atoms with Crippen LogP contribution < -0.4 is 5.73 Å². The smallest absolute Gasteiger partial charge is 0.328 e. The zero-order valence-electron chi connectivity index (χ0n) is 15.3. The van der Waals surface area contributed by atoms with Gasteiger partial charge in [-0.1, -0.05) is 12.1 Å². The Morgan fingerprint density at radius 2 is 1.77 bits per heavy atom. The van der Waals surface area contributed by atoms with E-state index in [0.29, 0.717) is 12.2 Å². The Labute approximate surface area is 154 Å². The van der Waals surface area contributed by atoms with Gasteiger partial charge in [0.15, 0.2) is 0 Å². The van der Waals surface area contributed by atoms with E-state index in [4.69, 9.17) is 15.9 Å². The summed E-state index contributed by atoms with van der Waals surface area (Å²) < 4.78 is 0. The van der Waals surface area contributed by atoms with Crippen molar-refractivity contribution in [3.63, 3.8) is 0 Å². The molecule has 1 aromatic rings. The third-order valence-electron chi connectivity index (χ3n) is 4.10. The van der Waals surface area contributed by atoms with Crippen LogP contribution in [0, 0.1) is 0 Å². The van der Waals surface area contributed by atoms with Crippen LogP contribution in [0.3, 0.4) is 0 Å². The van der Waals surface area contributed by atoms with Crippen molar-refractivity contribution in [1.82, 2.24) is 9.80 Å². The molecule has 4 N–H and O–H groups in total. The van der Waals surface area contributed by atoms with Crippen LogP contribution in [-0.4, -0.2) is 71.7 Å². The summed E-state index contributed by atoms with van der Waals surface area (Å²) >= 11 is 0. The standard InChI is InChI=1S/C15H25N3.C4H4O4/c1-17(11-12-18-8-2-3-9-18)10-7-14-5-4-6-15(16)13-14;5-3(6)1-2-4(7)8/h4-6,13H,2-3,7-12,16H2,1H3;1-2H,(H,5,6)(H,7,8)/b;2-1+. The van der Waals surface area contributed by atoms with Crippen LogP contribution >= 0.6 is 0 Å². The van der Waals surface area contributed by atoms with Crippen molar-refractivity contribution in [3.8, 4) is 0 Å². The maximum atomic E-state index is 9.55. The Kier molecular flexibility index (Phi) is 10.0. The van der Waals surface area contributed by atoms with E-state index in [1.807, 2.05) is 12.1 Å². The van der Waals surface area contributed by atoms with Gasteiger partial charge in [-0.2, -0.15) is 0 Å². The fourth-order valence-corrected chi connectivity index (χ4v) is 2.64. The fraction of sp³-hybridized carbons (Fsp3) is 0.474. The molecule has 0 aliphatic carbocycles. The van der Waals surface area contributed by atoms with Crippen LogP contribution in [0.15, 0.2) is 36.4 Å². The molecular formula is C19H29N3O4. The minimum absolute atomic E-state index is 0.558. The van der Waals surface area contributed by atoms with E-state index in [1.165, 1.54) is 44.6 Å². The fourth-order valence-electron chi connectivity index (χ4n) is 2.64. The van der Waals surface area contributed by atoms with E-state index >= 15 is 0 Å². The van der Waals surface area contributed by atoms with E-state index in [9.17, 15) is 9.59 Å². The van der Waals surface area contributed by atoms with Gasteiger partial charge in [0.1, 0.15) is 0 Å². The molecule has 7 nitrogen and oxygen atoms in total. The van der Waals surface area contributed by atoms with Crippen molar-refractivity contribution >= 4 is 17.6 Å². The normalized spacial score (nSPS) is 14.4. The van der Waals surface area contributed by atoms with Crippen LogP contribution in [0.5, 0.6) is 0 Å². The van der Waals surface area contributed by atoms with E-state index in [1.54, 1.807) is 0 Å². The quantitative estimate of drug-likeness (QED) is 0.475.